The third kappa shape index (κ3) is 21.5. The lowest BCUT2D eigenvalue weighted by Crippen LogP contribution is -2.05. The number of hydrogen-bond acceptors (Lipinski definition) is 2. The van der Waals surface area contributed by atoms with Crippen molar-refractivity contribution in [1.29, 1.82) is 0 Å². The van der Waals surface area contributed by atoms with Crippen molar-refractivity contribution in [2.45, 2.75) is 173 Å². The maximum absolute atomic E-state index is 11.2. The van der Waals surface area contributed by atoms with Crippen molar-refractivity contribution >= 4 is 5.97 Å². The zero-order chi connectivity index (χ0) is 23.7. The molecule has 1 aliphatic rings. The van der Waals surface area contributed by atoms with E-state index in [-0.39, 0.29) is 5.97 Å². The summed E-state index contributed by atoms with van der Waals surface area (Å²) in [6.45, 7) is 3.40. The van der Waals surface area contributed by atoms with Gasteiger partial charge in [0.25, 0.3) is 0 Å². The fraction of sp³-hybridized carbons (Fsp3) is 0.903. The summed E-state index contributed by atoms with van der Waals surface area (Å²) < 4.78 is 4.73. The molecule has 0 aromatic carbocycles. The molecule has 1 fully saturated rings. The van der Waals surface area contributed by atoms with Crippen molar-refractivity contribution < 1.29 is 9.53 Å². The smallest absolute Gasteiger partial charge is 0.310 e. The fourth-order valence-electron chi connectivity index (χ4n) is 5.51. The van der Waals surface area contributed by atoms with Crippen LogP contribution in [0.3, 0.4) is 0 Å². The number of unbranched alkanes of at least 4 members (excludes halogenated alkanes) is 19. The van der Waals surface area contributed by atoms with Gasteiger partial charge in [0.1, 0.15) is 0 Å². The van der Waals surface area contributed by atoms with E-state index in [1.54, 1.807) is 0 Å². The van der Waals surface area contributed by atoms with Crippen LogP contribution in [-0.4, -0.2) is 5.97 Å². The van der Waals surface area contributed by atoms with Crippen LogP contribution in [0.1, 0.15) is 173 Å². The molecule has 0 unspecified atom stereocenters. The van der Waals surface area contributed by atoms with Crippen molar-refractivity contribution in [2.24, 2.45) is 5.92 Å². The second-order valence-corrected chi connectivity index (χ2v) is 10.8. The van der Waals surface area contributed by atoms with Gasteiger partial charge in [0.15, 0.2) is 0 Å². The first-order valence-corrected chi connectivity index (χ1v) is 15.1. The van der Waals surface area contributed by atoms with Crippen molar-refractivity contribution in [3.05, 3.63) is 12.8 Å². The summed E-state index contributed by atoms with van der Waals surface area (Å²) in [6.07, 6.45) is 38.7. The summed E-state index contributed by atoms with van der Waals surface area (Å²) in [6, 6.07) is 0. The second-order valence-electron chi connectivity index (χ2n) is 10.8. The Morgan fingerprint density at radius 3 is 1.33 bits per heavy atom. The number of carbonyl (C=O) groups excluding carboxylic acids is 1. The lowest BCUT2D eigenvalue weighted by atomic mass is 9.85. The third-order valence-electron chi connectivity index (χ3n) is 7.68. The van der Waals surface area contributed by atoms with Gasteiger partial charge in [0.2, 0.25) is 0 Å². The lowest BCUT2D eigenvalue weighted by molar-refractivity contribution is -0.138. The Kier molecular flexibility index (Phi) is 22.3. The van der Waals surface area contributed by atoms with E-state index in [2.05, 4.69) is 6.58 Å². The van der Waals surface area contributed by atoms with Crippen LogP contribution in [-0.2, 0) is 9.53 Å². The Labute approximate surface area is 207 Å². The molecule has 0 spiro atoms. The first kappa shape index (κ1) is 30.2. The zero-order valence-corrected chi connectivity index (χ0v) is 22.3. The molecule has 0 bridgehead atoms. The van der Waals surface area contributed by atoms with Gasteiger partial charge < -0.3 is 4.74 Å². The molecule has 1 rings (SSSR count). The largest absolute Gasteiger partial charge is 0.435 e. The van der Waals surface area contributed by atoms with Crippen LogP contribution in [0.15, 0.2) is 12.8 Å². The Hall–Kier alpha value is -0.790. The molecule has 0 amide bonds. The molecule has 0 aromatic heterocycles. The monoisotopic (exact) mass is 462 g/mol. The molecular weight excluding hydrogens is 404 g/mol. The topological polar surface area (TPSA) is 26.3 Å². The highest BCUT2D eigenvalue weighted by Gasteiger charge is 2.12. The van der Waals surface area contributed by atoms with Gasteiger partial charge in [-0.25, -0.2) is 0 Å². The summed E-state index contributed by atoms with van der Waals surface area (Å²) in [7, 11) is 0. The minimum Gasteiger partial charge on any atom is -0.435 e. The minimum atomic E-state index is -0.143. The standard InChI is InChI=1S/C31H58O2/c1-2-33-31(32)29-25-20-18-16-14-12-10-8-6-4-3-5-7-9-11-13-15-17-19-22-26-30-27-23-21-24-28-30/h2,30H,1,3-29H2. The maximum Gasteiger partial charge on any atom is 0.310 e. The average molecular weight is 463 g/mol. The fourth-order valence-corrected chi connectivity index (χ4v) is 5.51. The molecule has 1 aliphatic carbocycles. The molecule has 33 heavy (non-hydrogen) atoms. The molecule has 2 nitrogen and oxygen atoms in total. The highest BCUT2D eigenvalue weighted by atomic mass is 16.5. The Morgan fingerprint density at radius 1 is 0.576 bits per heavy atom. The van der Waals surface area contributed by atoms with Crippen molar-refractivity contribution in [3.63, 3.8) is 0 Å². The molecule has 0 N–H and O–H groups in total. The number of rotatable bonds is 24. The van der Waals surface area contributed by atoms with Gasteiger partial charge in [-0.2, -0.15) is 0 Å². The second kappa shape index (κ2) is 24.3. The van der Waals surface area contributed by atoms with E-state index < -0.39 is 0 Å². The first-order chi connectivity index (χ1) is 16.3. The van der Waals surface area contributed by atoms with Crippen LogP contribution in [0.5, 0.6) is 0 Å². The van der Waals surface area contributed by atoms with Gasteiger partial charge in [-0.3, -0.25) is 4.79 Å². The van der Waals surface area contributed by atoms with Crippen LogP contribution < -0.4 is 0 Å². The molecular formula is C31H58O2. The summed E-state index contributed by atoms with van der Waals surface area (Å²) in [5, 5.41) is 0. The van der Waals surface area contributed by atoms with Gasteiger partial charge in [-0.1, -0.05) is 167 Å². The van der Waals surface area contributed by atoms with Crippen LogP contribution in [0.4, 0.5) is 0 Å². The molecule has 0 aliphatic heterocycles. The summed E-state index contributed by atoms with van der Waals surface area (Å²) in [5.41, 5.74) is 0. The van der Waals surface area contributed by atoms with E-state index in [1.807, 2.05) is 0 Å². The first-order valence-electron chi connectivity index (χ1n) is 15.1. The van der Waals surface area contributed by atoms with E-state index in [4.69, 9.17) is 4.74 Å². The molecule has 2 heteroatoms. The van der Waals surface area contributed by atoms with Crippen molar-refractivity contribution in [1.82, 2.24) is 0 Å². The van der Waals surface area contributed by atoms with Crippen LogP contribution in [0.25, 0.3) is 0 Å². The predicted molar refractivity (Wildman–Crippen MR) is 144 cm³/mol. The normalized spacial score (nSPS) is 14.4. The van der Waals surface area contributed by atoms with E-state index >= 15 is 0 Å². The van der Waals surface area contributed by atoms with Gasteiger partial charge in [0, 0.05) is 6.42 Å². The summed E-state index contributed by atoms with van der Waals surface area (Å²) in [4.78, 5) is 11.2. The predicted octanol–water partition coefficient (Wildman–Crippen LogP) is 10.8. The number of esters is 1. The number of ether oxygens (including phenoxy) is 1. The molecule has 0 atom stereocenters. The Bertz CT molecular complexity index is 425. The van der Waals surface area contributed by atoms with Crippen LogP contribution >= 0.6 is 0 Å². The molecule has 0 heterocycles. The minimum absolute atomic E-state index is 0.143. The number of carbonyl (C=O) groups is 1. The summed E-state index contributed by atoms with van der Waals surface area (Å²) >= 11 is 0. The van der Waals surface area contributed by atoms with Gasteiger partial charge in [-0.05, 0) is 12.3 Å². The summed E-state index contributed by atoms with van der Waals surface area (Å²) in [5.74, 6) is 0.943. The molecule has 0 aromatic rings. The highest BCUT2D eigenvalue weighted by Crippen LogP contribution is 2.28. The SMILES string of the molecule is C=COC(=O)CCCCCCCCCCCCCCCCCCCCCCC1CCCCC1. The average Bonchev–Trinajstić information content (AvgIpc) is 2.83. The van der Waals surface area contributed by atoms with Gasteiger partial charge in [-0.15, -0.1) is 0 Å². The zero-order valence-electron chi connectivity index (χ0n) is 22.3. The molecule has 194 valence electrons. The van der Waals surface area contributed by atoms with Gasteiger partial charge in [0.05, 0.1) is 6.26 Å². The quantitative estimate of drug-likeness (QED) is 0.0809. The molecule has 0 radical (unpaired) electrons. The van der Waals surface area contributed by atoms with Crippen molar-refractivity contribution in [3.8, 4) is 0 Å². The number of hydrogen-bond donors (Lipinski definition) is 0. The van der Waals surface area contributed by atoms with Gasteiger partial charge >= 0.3 is 5.97 Å². The lowest BCUT2D eigenvalue weighted by Gasteiger charge is -2.21. The third-order valence-corrected chi connectivity index (χ3v) is 7.68. The van der Waals surface area contributed by atoms with E-state index in [0.29, 0.717) is 6.42 Å². The van der Waals surface area contributed by atoms with E-state index in [0.717, 1.165) is 18.8 Å². The molecule has 0 saturated heterocycles. The highest BCUT2D eigenvalue weighted by molar-refractivity contribution is 5.69. The van der Waals surface area contributed by atoms with Crippen LogP contribution in [0, 0.1) is 5.92 Å². The Morgan fingerprint density at radius 2 is 0.939 bits per heavy atom. The molecule has 1 saturated carbocycles. The van der Waals surface area contributed by atoms with Crippen molar-refractivity contribution in [2.75, 3.05) is 0 Å². The van der Waals surface area contributed by atoms with E-state index in [9.17, 15) is 4.79 Å². The van der Waals surface area contributed by atoms with Crippen LogP contribution in [0.2, 0.25) is 0 Å². The maximum atomic E-state index is 11.2. The Balaban J connectivity index is 1.64. The van der Waals surface area contributed by atoms with E-state index in [1.165, 1.54) is 160 Å².